The average Bonchev–Trinajstić information content (AvgIpc) is 2.78. The van der Waals surface area contributed by atoms with Crippen LogP contribution >= 0.6 is 0 Å². The van der Waals surface area contributed by atoms with Gasteiger partial charge in [0.15, 0.2) is 0 Å². The third kappa shape index (κ3) is 2.72. The van der Waals surface area contributed by atoms with Crippen molar-refractivity contribution in [3.8, 4) is 0 Å². The molecule has 5 nitrogen and oxygen atoms in total. The van der Waals surface area contributed by atoms with Gasteiger partial charge >= 0.3 is 105 Å². The van der Waals surface area contributed by atoms with Crippen molar-refractivity contribution in [3.05, 3.63) is 18.2 Å². The summed E-state index contributed by atoms with van der Waals surface area (Å²) in [5.74, 6) is -0.0989. The Morgan fingerprint density at radius 3 is 3.12 bits per heavy atom. The first-order valence-corrected chi connectivity index (χ1v) is 6.98. The second kappa shape index (κ2) is 5.40. The van der Waals surface area contributed by atoms with Gasteiger partial charge in [-0.1, -0.05) is 0 Å². The summed E-state index contributed by atoms with van der Waals surface area (Å²) < 4.78 is 8.59. The summed E-state index contributed by atoms with van der Waals surface area (Å²) in [6.07, 6.45) is 0.687. The maximum atomic E-state index is 11.9. The average molecular weight is 297 g/mol. The zero-order chi connectivity index (χ0) is 12.3. The van der Waals surface area contributed by atoms with Gasteiger partial charge in [0.05, 0.1) is 0 Å². The number of nitrogens with two attached hydrogens (primary N) is 1. The van der Waals surface area contributed by atoms with Gasteiger partial charge in [-0.3, -0.25) is 0 Å². The number of rotatable bonds is 4. The summed E-state index contributed by atoms with van der Waals surface area (Å²) in [5.41, 5.74) is 7.87. The van der Waals surface area contributed by atoms with Crippen molar-refractivity contribution in [2.75, 3.05) is 11.9 Å². The van der Waals surface area contributed by atoms with Crippen LogP contribution in [0.1, 0.15) is 13.3 Å². The second-order valence-corrected chi connectivity index (χ2v) is 5.01. The predicted octanol–water partition coefficient (Wildman–Crippen LogP) is 1.96. The number of fused-ring (bicyclic) bond motifs is 1. The van der Waals surface area contributed by atoms with Gasteiger partial charge in [0.25, 0.3) is 0 Å². The van der Waals surface area contributed by atoms with Crippen LogP contribution in [0.3, 0.4) is 0 Å². The van der Waals surface area contributed by atoms with Gasteiger partial charge in [0, 0.05) is 0 Å². The molecule has 1 amide bonds. The summed E-state index contributed by atoms with van der Waals surface area (Å²) in [4.78, 5) is 11.9. The number of carbonyl (C=O) groups excluding carboxylic acids is 1. The molecule has 0 saturated heterocycles. The summed E-state index contributed by atoms with van der Waals surface area (Å²) in [6.45, 7) is 2.39. The van der Waals surface area contributed by atoms with E-state index in [4.69, 9.17) is 5.73 Å². The molecule has 0 saturated carbocycles. The zero-order valence-corrected chi connectivity index (χ0v) is 11.2. The van der Waals surface area contributed by atoms with E-state index in [0.29, 0.717) is 13.0 Å². The quantitative estimate of drug-likeness (QED) is 0.846. The molecule has 1 aromatic rings. The van der Waals surface area contributed by atoms with Crippen LogP contribution in [-0.2, 0) is 4.79 Å². The fraction of sp³-hybridized carbons (Fsp3) is 0.364. The van der Waals surface area contributed by atoms with Crippen molar-refractivity contribution in [2.45, 2.75) is 13.3 Å². The third-order valence-corrected chi connectivity index (χ3v) is 3.73. The van der Waals surface area contributed by atoms with Gasteiger partial charge in [-0.25, -0.2) is 0 Å². The van der Waals surface area contributed by atoms with Crippen LogP contribution in [-0.4, -0.2) is 27.0 Å². The summed E-state index contributed by atoms with van der Waals surface area (Å²) in [5, 5.41) is 2.89. The Labute approximate surface area is 106 Å². The number of carbonyl (C=O) groups is 1. The molecule has 1 atom stereocenters. The van der Waals surface area contributed by atoms with E-state index in [0.717, 1.165) is 17.1 Å². The van der Waals surface area contributed by atoms with Crippen LogP contribution in [0.15, 0.2) is 26.1 Å². The van der Waals surface area contributed by atoms with E-state index in [9.17, 15) is 4.79 Å². The van der Waals surface area contributed by atoms with E-state index in [2.05, 4.69) is 13.2 Å². The monoisotopic (exact) mass is 298 g/mol. The van der Waals surface area contributed by atoms with E-state index < -0.39 is 0 Å². The van der Waals surface area contributed by atoms with E-state index in [1.807, 2.05) is 25.1 Å². The van der Waals surface area contributed by atoms with Crippen LogP contribution in [0.25, 0.3) is 0 Å². The number of nitrogens with zero attached hydrogens (tertiary/aromatic N) is 2. The topological polar surface area (TPSA) is 79.8 Å². The van der Waals surface area contributed by atoms with E-state index in [-0.39, 0.29) is 26.4 Å². The molecule has 0 spiro atoms. The molecule has 0 radical (unpaired) electrons. The Bertz CT molecular complexity index is 508. The molecule has 1 aliphatic rings. The predicted molar refractivity (Wildman–Crippen MR) is 67.8 cm³/mol. The Kier molecular flexibility index (Phi) is 3.89. The normalized spacial score (nSPS) is 14.0. The van der Waals surface area contributed by atoms with Gasteiger partial charge in [0.1, 0.15) is 0 Å². The zero-order valence-electron chi connectivity index (χ0n) is 9.51. The SMILES string of the molecule is CC(CCN)C(=O)Nc1cccc2c1N=[Se]=N2. The van der Waals surface area contributed by atoms with E-state index in [1.54, 1.807) is 0 Å². The molecule has 1 unspecified atom stereocenters. The molecule has 1 aromatic carbocycles. The number of benzene rings is 1. The maximum absolute atomic E-state index is 11.9. The van der Waals surface area contributed by atoms with Gasteiger partial charge in [0.2, 0.25) is 0 Å². The molecule has 0 aromatic heterocycles. The standard InChI is InChI=1S/C11H14N4OSe/c1-7(5-6-12)11(16)13-8-3-2-4-9-10(8)15-17-14-9/h2-4,7H,5-6,12H2,1H3,(H,13,16). The number of amides is 1. The van der Waals surface area contributed by atoms with E-state index in [1.165, 1.54) is 0 Å². The van der Waals surface area contributed by atoms with Crippen molar-refractivity contribution in [1.82, 2.24) is 0 Å². The molecular weight excluding hydrogens is 283 g/mol. The minimum atomic E-state index is -0.0836. The van der Waals surface area contributed by atoms with Gasteiger partial charge in [-0.15, -0.1) is 0 Å². The summed E-state index contributed by atoms with van der Waals surface area (Å²) >= 11 is -0.0773. The first kappa shape index (κ1) is 12.2. The van der Waals surface area contributed by atoms with Crippen molar-refractivity contribution in [3.63, 3.8) is 0 Å². The van der Waals surface area contributed by atoms with Gasteiger partial charge in [-0.2, -0.15) is 0 Å². The van der Waals surface area contributed by atoms with Gasteiger partial charge < -0.3 is 0 Å². The van der Waals surface area contributed by atoms with Crippen molar-refractivity contribution < 1.29 is 4.79 Å². The molecule has 1 heterocycles. The van der Waals surface area contributed by atoms with Crippen LogP contribution in [0, 0.1) is 5.92 Å². The minimum absolute atomic E-state index is 0.0153. The van der Waals surface area contributed by atoms with Gasteiger partial charge in [-0.05, 0) is 0 Å². The molecule has 0 aliphatic carbocycles. The fourth-order valence-corrected chi connectivity index (χ4v) is 2.70. The third-order valence-electron chi connectivity index (χ3n) is 2.59. The summed E-state index contributed by atoms with van der Waals surface area (Å²) in [7, 11) is 0. The molecule has 90 valence electrons. The fourth-order valence-electron chi connectivity index (χ4n) is 1.54. The van der Waals surface area contributed by atoms with Crippen molar-refractivity contribution >= 4 is 37.5 Å². The molecule has 3 N–H and O–H groups in total. The number of nitrogens with one attached hydrogen (secondary N) is 1. The van der Waals surface area contributed by atoms with Crippen LogP contribution in [0.2, 0.25) is 0 Å². The Balaban J connectivity index is 2.13. The molecular formula is C11H14N4OSe. The summed E-state index contributed by atoms with van der Waals surface area (Å²) in [6, 6.07) is 5.64. The molecule has 1 aliphatic heterocycles. The van der Waals surface area contributed by atoms with Crippen LogP contribution in [0.4, 0.5) is 17.1 Å². The molecule has 6 heteroatoms. The van der Waals surface area contributed by atoms with Crippen molar-refractivity contribution in [2.24, 2.45) is 19.6 Å². The first-order chi connectivity index (χ1) is 8.22. The Morgan fingerprint density at radius 2 is 2.35 bits per heavy atom. The Morgan fingerprint density at radius 1 is 1.53 bits per heavy atom. The molecule has 0 fully saturated rings. The number of anilines is 1. The van der Waals surface area contributed by atoms with Crippen LogP contribution < -0.4 is 11.1 Å². The molecule has 0 bridgehead atoms. The van der Waals surface area contributed by atoms with Crippen molar-refractivity contribution in [1.29, 1.82) is 0 Å². The second-order valence-electron chi connectivity index (χ2n) is 3.91. The Hall–Kier alpha value is -1.23. The molecule has 2 rings (SSSR count). The van der Waals surface area contributed by atoms with Crippen LogP contribution in [0.5, 0.6) is 0 Å². The first-order valence-electron chi connectivity index (χ1n) is 5.44. The molecule has 17 heavy (non-hydrogen) atoms. The number of hydrogen-bond acceptors (Lipinski definition) is 4. The van der Waals surface area contributed by atoms with E-state index >= 15 is 0 Å². The number of hydrogen-bond donors (Lipinski definition) is 2.